The second kappa shape index (κ2) is 6.78. The third-order valence-corrected chi connectivity index (χ3v) is 4.66. The molecule has 0 unspecified atom stereocenters. The molecule has 3 N–H and O–H groups in total. The molecule has 3 amide bonds. The molecule has 0 saturated carbocycles. The van der Waals surface area contributed by atoms with E-state index in [0.29, 0.717) is 32.5 Å². The highest BCUT2D eigenvalue weighted by Gasteiger charge is 2.34. The van der Waals surface area contributed by atoms with Crippen molar-refractivity contribution in [3.8, 4) is 0 Å². The fourth-order valence-corrected chi connectivity index (χ4v) is 3.25. The van der Waals surface area contributed by atoms with Crippen molar-refractivity contribution in [2.24, 2.45) is 0 Å². The summed E-state index contributed by atoms with van der Waals surface area (Å²) in [5.41, 5.74) is 0.497. The molecule has 0 spiro atoms. The van der Waals surface area contributed by atoms with Gasteiger partial charge < -0.3 is 20.4 Å². The number of aliphatic hydroxyl groups is 2. The Bertz CT molecular complexity index is 619. The normalized spacial score (nSPS) is 24.2. The zero-order valence-corrected chi connectivity index (χ0v) is 13.6. The maximum atomic E-state index is 12.4. The summed E-state index contributed by atoms with van der Waals surface area (Å²) >= 11 is 0. The Kier molecular flexibility index (Phi) is 4.73. The Hall–Kier alpha value is -2.12. The number of likely N-dealkylation sites (tertiary alicyclic amines) is 1. The number of benzene rings is 1. The quantitative estimate of drug-likeness (QED) is 0.729. The highest BCUT2D eigenvalue weighted by Crippen LogP contribution is 2.22. The van der Waals surface area contributed by atoms with Gasteiger partial charge in [-0.15, -0.1) is 0 Å². The Morgan fingerprint density at radius 2 is 2.00 bits per heavy atom. The van der Waals surface area contributed by atoms with Gasteiger partial charge in [0, 0.05) is 25.3 Å². The van der Waals surface area contributed by atoms with Gasteiger partial charge in [-0.3, -0.25) is 9.69 Å². The lowest BCUT2D eigenvalue weighted by Gasteiger charge is -2.38. The van der Waals surface area contributed by atoms with Crippen LogP contribution in [0.5, 0.6) is 0 Å². The average molecular weight is 333 g/mol. The minimum atomic E-state index is -1.18. The monoisotopic (exact) mass is 333 g/mol. The van der Waals surface area contributed by atoms with E-state index in [1.54, 1.807) is 9.80 Å². The van der Waals surface area contributed by atoms with Gasteiger partial charge >= 0.3 is 6.03 Å². The average Bonchev–Trinajstić information content (AvgIpc) is 3.02. The molecule has 3 rings (SSSR count). The van der Waals surface area contributed by atoms with Crippen LogP contribution in [-0.2, 0) is 11.2 Å². The fourth-order valence-electron chi connectivity index (χ4n) is 3.25. The molecule has 1 aromatic carbocycles. The molecule has 7 nitrogen and oxygen atoms in total. The van der Waals surface area contributed by atoms with Crippen LogP contribution >= 0.6 is 0 Å². The van der Waals surface area contributed by atoms with Gasteiger partial charge in [-0.25, -0.2) is 4.79 Å². The van der Waals surface area contributed by atoms with E-state index in [1.165, 1.54) is 0 Å². The van der Waals surface area contributed by atoms with E-state index in [4.69, 9.17) is 0 Å². The van der Waals surface area contributed by atoms with Gasteiger partial charge in [0.2, 0.25) is 5.91 Å². The van der Waals surface area contributed by atoms with E-state index in [9.17, 15) is 19.8 Å². The molecule has 1 aromatic rings. The number of rotatable bonds is 4. The van der Waals surface area contributed by atoms with Crippen molar-refractivity contribution in [3.05, 3.63) is 29.8 Å². The van der Waals surface area contributed by atoms with Crippen LogP contribution in [0.2, 0.25) is 0 Å². The number of nitrogens with zero attached hydrogens (tertiary/aromatic N) is 2. The number of amides is 3. The lowest BCUT2D eigenvalue weighted by molar-refractivity contribution is -0.139. The number of carbonyl (C=O) groups is 2. The van der Waals surface area contributed by atoms with Crippen LogP contribution in [0.15, 0.2) is 24.3 Å². The van der Waals surface area contributed by atoms with Crippen molar-refractivity contribution < 1.29 is 19.8 Å². The van der Waals surface area contributed by atoms with Crippen molar-refractivity contribution in [3.63, 3.8) is 0 Å². The number of carbonyl (C=O) groups excluding carboxylic acids is 2. The van der Waals surface area contributed by atoms with Crippen LogP contribution in [0, 0.1) is 0 Å². The lowest BCUT2D eigenvalue weighted by Crippen LogP contribution is -2.52. The summed E-state index contributed by atoms with van der Waals surface area (Å²) in [7, 11) is 0. The first kappa shape index (κ1) is 16.7. The van der Waals surface area contributed by atoms with Gasteiger partial charge in [0.05, 0.1) is 19.6 Å². The van der Waals surface area contributed by atoms with E-state index in [-0.39, 0.29) is 31.5 Å². The zero-order valence-electron chi connectivity index (χ0n) is 13.6. The summed E-state index contributed by atoms with van der Waals surface area (Å²) < 4.78 is 0. The van der Waals surface area contributed by atoms with Crippen LogP contribution in [0.1, 0.15) is 18.4 Å². The van der Waals surface area contributed by atoms with Gasteiger partial charge in [0.1, 0.15) is 5.60 Å². The number of hydrogen-bond donors (Lipinski definition) is 3. The number of β-amino-alcohol motifs (C(OH)–C–C–N with tert-alkyl or cyclic N) is 1. The molecule has 0 aliphatic carbocycles. The van der Waals surface area contributed by atoms with E-state index in [2.05, 4.69) is 5.32 Å². The van der Waals surface area contributed by atoms with E-state index >= 15 is 0 Å². The predicted molar refractivity (Wildman–Crippen MR) is 88.7 cm³/mol. The third-order valence-electron chi connectivity index (χ3n) is 4.66. The minimum Gasteiger partial charge on any atom is -0.393 e. The maximum Gasteiger partial charge on any atom is 0.321 e. The summed E-state index contributed by atoms with van der Waals surface area (Å²) in [5.74, 6) is -0.0618. The number of urea groups is 1. The standard InChI is InChI=1S/C17H23N3O4/c21-12-17(24)6-1-8-19(11-17)15(22)10-13-2-4-14(5-3-13)20-9-7-18-16(20)23/h2-5,21,24H,1,6-12H2,(H,18,23)/t17-/m0/s1. The van der Waals surface area contributed by atoms with E-state index in [0.717, 1.165) is 11.3 Å². The zero-order chi connectivity index (χ0) is 17.2. The Balaban J connectivity index is 1.61. The van der Waals surface area contributed by atoms with Crippen molar-refractivity contribution in [2.75, 3.05) is 37.7 Å². The molecule has 2 saturated heterocycles. The number of nitrogens with one attached hydrogen (secondary N) is 1. The van der Waals surface area contributed by atoms with Crippen LogP contribution in [0.25, 0.3) is 0 Å². The van der Waals surface area contributed by atoms with Gasteiger partial charge in [-0.2, -0.15) is 0 Å². The molecule has 2 aliphatic rings. The summed E-state index contributed by atoms with van der Waals surface area (Å²) in [6, 6.07) is 7.28. The Morgan fingerprint density at radius 3 is 2.62 bits per heavy atom. The Morgan fingerprint density at radius 1 is 1.25 bits per heavy atom. The second-order valence-corrected chi connectivity index (χ2v) is 6.53. The van der Waals surface area contributed by atoms with Gasteiger partial charge in [0.15, 0.2) is 0 Å². The molecule has 24 heavy (non-hydrogen) atoms. The third kappa shape index (κ3) is 3.52. The maximum absolute atomic E-state index is 12.4. The molecule has 1 atom stereocenters. The summed E-state index contributed by atoms with van der Waals surface area (Å²) in [4.78, 5) is 27.3. The highest BCUT2D eigenvalue weighted by atomic mass is 16.3. The first-order chi connectivity index (χ1) is 11.5. The first-order valence-corrected chi connectivity index (χ1v) is 8.26. The van der Waals surface area contributed by atoms with Gasteiger partial charge in [0.25, 0.3) is 0 Å². The lowest BCUT2D eigenvalue weighted by atomic mass is 9.93. The molecule has 0 bridgehead atoms. The van der Waals surface area contributed by atoms with Crippen LogP contribution in [0.4, 0.5) is 10.5 Å². The summed E-state index contributed by atoms with van der Waals surface area (Å²) in [6.07, 6.45) is 1.44. The SMILES string of the molecule is O=C(Cc1ccc(N2CCNC2=O)cc1)N1CCC[C@@](O)(CO)C1. The topological polar surface area (TPSA) is 93.1 Å². The molecular formula is C17H23N3O4. The highest BCUT2D eigenvalue weighted by molar-refractivity contribution is 5.94. The minimum absolute atomic E-state index is 0.0618. The predicted octanol–water partition coefficient (Wildman–Crippen LogP) is 0.104. The molecule has 2 heterocycles. The molecular weight excluding hydrogens is 310 g/mol. The molecule has 130 valence electrons. The van der Waals surface area contributed by atoms with Crippen molar-refractivity contribution in [2.45, 2.75) is 24.9 Å². The second-order valence-electron chi connectivity index (χ2n) is 6.53. The number of anilines is 1. The van der Waals surface area contributed by atoms with Crippen molar-refractivity contribution in [1.82, 2.24) is 10.2 Å². The molecule has 0 radical (unpaired) electrons. The van der Waals surface area contributed by atoms with Crippen molar-refractivity contribution >= 4 is 17.6 Å². The molecule has 0 aromatic heterocycles. The van der Waals surface area contributed by atoms with Crippen LogP contribution in [0.3, 0.4) is 0 Å². The van der Waals surface area contributed by atoms with E-state index in [1.807, 2.05) is 24.3 Å². The van der Waals surface area contributed by atoms with Crippen LogP contribution < -0.4 is 10.2 Å². The molecule has 7 heteroatoms. The largest absolute Gasteiger partial charge is 0.393 e. The fraction of sp³-hybridized carbons (Fsp3) is 0.529. The molecule has 2 aliphatic heterocycles. The van der Waals surface area contributed by atoms with Gasteiger partial charge in [-0.05, 0) is 30.5 Å². The smallest absolute Gasteiger partial charge is 0.321 e. The number of aliphatic hydroxyl groups excluding tert-OH is 1. The van der Waals surface area contributed by atoms with Crippen LogP contribution in [-0.4, -0.2) is 65.4 Å². The Labute approximate surface area is 140 Å². The van der Waals surface area contributed by atoms with Crippen molar-refractivity contribution in [1.29, 1.82) is 0 Å². The van der Waals surface area contributed by atoms with Gasteiger partial charge in [-0.1, -0.05) is 12.1 Å². The number of hydrogen-bond acceptors (Lipinski definition) is 4. The van der Waals surface area contributed by atoms with E-state index < -0.39 is 5.60 Å². The summed E-state index contributed by atoms with van der Waals surface area (Å²) in [5, 5.41) is 22.2. The molecule has 2 fully saturated rings. The first-order valence-electron chi connectivity index (χ1n) is 8.26. The summed E-state index contributed by atoms with van der Waals surface area (Å²) in [6.45, 7) is 1.73. The number of piperidine rings is 1.